The van der Waals surface area contributed by atoms with Crippen molar-refractivity contribution in [2.45, 2.75) is 129 Å². The molecule has 0 bridgehead atoms. The van der Waals surface area contributed by atoms with Crippen LogP contribution in [0, 0.1) is 5.92 Å². The Bertz CT molecular complexity index is 3360. The van der Waals surface area contributed by atoms with Gasteiger partial charge < -0.3 is 14.7 Å². The molecule has 0 N–H and O–H groups in total. The van der Waals surface area contributed by atoms with Crippen molar-refractivity contribution in [2.24, 2.45) is 5.92 Å². The lowest BCUT2D eigenvalue weighted by Crippen LogP contribution is -2.50. The van der Waals surface area contributed by atoms with E-state index in [-0.39, 0.29) is 33.1 Å². The molecule has 0 saturated heterocycles. The molecule has 6 aliphatic rings. The maximum Gasteiger partial charge on any atom is 0.0567 e. The van der Waals surface area contributed by atoms with Gasteiger partial charge in [0.25, 0.3) is 0 Å². The third-order valence-electron chi connectivity index (χ3n) is 17.2. The first kappa shape index (κ1) is 44.6. The van der Waals surface area contributed by atoms with Crippen LogP contribution in [-0.4, -0.2) is 6.04 Å². The number of allylic oxidation sites excluding steroid dienone is 9. The van der Waals surface area contributed by atoms with Gasteiger partial charge in [-0.1, -0.05) is 192 Å². The van der Waals surface area contributed by atoms with Crippen LogP contribution in [0.4, 0.5) is 34.1 Å². The van der Waals surface area contributed by atoms with Gasteiger partial charge in [0, 0.05) is 50.6 Å². The minimum atomic E-state index is -0.344. The quantitative estimate of drug-likeness (QED) is 0.165. The predicted octanol–water partition coefficient (Wildman–Crippen LogP) is 17.7. The van der Waals surface area contributed by atoms with Gasteiger partial charge in [0.15, 0.2) is 0 Å². The van der Waals surface area contributed by atoms with Gasteiger partial charge in [0.2, 0.25) is 0 Å². The molecule has 6 aromatic rings. The Hall–Kier alpha value is -6.58. The van der Waals surface area contributed by atoms with Crippen LogP contribution in [0.1, 0.15) is 129 Å². The van der Waals surface area contributed by atoms with Crippen molar-refractivity contribution < 1.29 is 0 Å². The highest BCUT2D eigenvalue weighted by molar-refractivity contribution is 5.95. The normalized spacial score (nSPS) is 20.9. The molecule has 0 saturated carbocycles. The monoisotopic (exact) mass is 916 g/mol. The van der Waals surface area contributed by atoms with Crippen LogP contribution < -0.4 is 14.7 Å². The van der Waals surface area contributed by atoms with Gasteiger partial charge >= 0.3 is 0 Å². The summed E-state index contributed by atoms with van der Waals surface area (Å²) in [6.07, 6.45) is 18.3. The number of hydrogen-bond donors (Lipinski definition) is 0. The molecular formula is C67H69N3. The zero-order valence-corrected chi connectivity index (χ0v) is 43.5. The van der Waals surface area contributed by atoms with Crippen LogP contribution in [0.2, 0.25) is 0 Å². The van der Waals surface area contributed by atoms with Gasteiger partial charge in [-0.3, -0.25) is 0 Å². The van der Waals surface area contributed by atoms with Crippen molar-refractivity contribution in [3.05, 3.63) is 225 Å². The van der Waals surface area contributed by atoms with Gasteiger partial charge in [0.1, 0.15) is 0 Å². The molecule has 3 heteroatoms. The fourth-order valence-corrected chi connectivity index (χ4v) is 13.0. The third-order valence-corrected chi connectivity index (χ3v) is 17.2. The van der Waals surface area contributed by atoms with Crippen LogP contribution >= 0.6 is 0 Å². The molecule has 3 nitrogen and oxygen atoms in total. The van der Waals surface area contributed by atoms with Crippen molar-refractivity contribution in [1.29, 1.82) is 0 Å². The number of anilines is 6. The Balaban J connectivity index is 1.10. The number of para-hydroxylation sites is 1. The van der Waals surface area contributed by atoms with E-state index in [4.69, 9.17) is 0 Å². The van der Waals surface area contributed by atoms with E-state index >= 15 is 0 Å². The summed E-state index contributed by atoms with van der Waals surface area (Å²) in [5.74, 6) is 0.345. The first-order valence-corrected chi connectivity index (χ1v) is 25.9. The lowest BCUT2D eigenvalue weighted by atomic mass is 9.58. The number of benzene rings is 6. The average Bonchev–Trinajstić information content (AvgIpc) is 3.33. The van der Waals surface area contributed by atoms with Crippen LogP contribution in [0.15, 0.2) is 192 Å². The molecule has 3 heterocycles. The predicted molar refractivity (Wildman–Crippen MR) is 298 cm³/mol. The Kier molecular flexibility index (Phi) is 9.70. The number of nitrogens with zero attached hydrogens (tertiary/aromatic N) is 3. The van der Waals surface area contributed by atoms with Crippen molar-refractivity contribution in [1.82, 2.24) is 0 Å². The van der Waals surface area contributed by atoms with E-state index in [1.54, 1.807) is 0 Å². The van der Waals surface area contributed by atoms with Gasteiger partial charge in [0.05, 0.1) is 23.1 Å². The Morgan fingerprint density at radius 3 is 1.80 bits per heavy atom. The molecule has 3 aliphatic heterocycles. The lowest BCUT2D eigenvalue weighted by Gasteiger charge is -2.58. The first-order chi connectivity index (χ1) is 33.2. The second-order valence-electron chi connectivity index (χ2n) is 24.7. The molecule has 0 aromatic heterocycles. The lowest BCUT2D eigenvalue weighted by molar-refractivity contribution is 0.502. The van der Waals surface area contributed by atoms with E-state index in [2.05, 4.69) is 262 Å². The summed E-state index contributed by atoms with van der Waals surface area (Å²) >= 11 is 0. The molecule has 0 spiro atoms. The molecular weight excluding hydrogens is 847 g/mol. The first-order valence-electron chi connectivity index (χ1n) is 25.9. The summed E-state index contributed by atoms with van der Waals surface area (Å²) in [7, 11) is 0. The molecule has 0 amide bonds. The zero-order chi connectivity index (χ0) is 48.9. The summed E-state index contributed by atoms with van der Waals surface area (Å²) in [4.78, 5) is 8.00. The molecule has 2 unspecified atom stereocenters. The Labute approximate surface area is 417 Å². The van der Waals surface area contributed by atoms with Crippen LogP contribution in [-0.2, 0) is 27.1 Å². The van der Waals surface area contributed by atoms with Gasteiger partial charge in [-0.2, -0.15) is 0 Å². The van der Waals surface area contributed by atoms with Gasteiger partial charge in [-0.25, -0.2) is 0 Å². The second-order valence-corrected chi connectivity index (χ2v) is 24.7. The Morgan fingerprint density at radius 1 is 0.529 bits per heavy atom. The van der Waals surface area contributed by atoms with Crippen LogP contribution in [0.3, 0.4) is 0 Å². The maximum absolute atomic E-state index is 2.76. The van der Waals surface area contributed by atoms with E-state index < -0.39 is 0 Å². The highest BCUT2D eigenvalue weighted by Gasteiger charge is 2.55. The summed E-state index contributed by atoms with van der Waals surface area (Å²) < 4.78 is 0. The van der Waals surface area contributed by atoms with Crippen molar-refractivity contribution in [3.8, 4) is 0 Å². The number of fused-ring (bicyclic) bond motifs is 2. The molecule has 70 heavy (non-hydrogen) atoms. The standard InChI is InChI=1S/C67H69N3/c1-63(2,3)46-26-32-48(33-27-46)68(50-30-24-42-18-13-15-20-44(42)36-50)52-38-56-61-58(40-52)67(11,12)59-41-53(39-57-62(59)70(61)60-54(65(56,7)8)22-17-23-55(60)66(57,9)10)69(49-34-28-47(29-35-49)64(4,5)6)51-31-25-43-19-14-16-21-45(43)37-51/h13-36,39-41,45,52H,37-38H2,1-12H3. The van der Waals surface area contributed by atoms with Crippen molar-refractivity contribution in [3.63, 3.8) is 0 Å². The van der Waals surface area contributed by atoms with Crippen molar-refractivity contribution in [2.75, 3.05) is 14.7 Å². The highest BCUT2D eigenvalue weighted by Crippen LogP contribution is 2.67. The topological polar surface area (TPSA) is 9.72 Å². The summed E-state index contributed by atoms with van der Waals surface area (Å²) in [6, 6.07) is 47.2. The van der Waals surface area contributed by atoms with E-state index in [0.717, 1.165) is 12.8 Å². The smallest absolute Gasteiger partial charge is 0.0567 e. The van der Waals surface area contributed by atoms with E-state index in [1.165, 1.54) is 106 Å². The van der Waals surface area contributed by atoms with Crippen molar-refractivity contribution >= 4 is 44.9 Å². The fraction of sp³-hybridized carbons (Fsp3) is 0.313. The number of hydrogen-bond acceptors (Lipinski definition) is 3. The highest BCUT2D eigenvalue weighted by atomic mass is 15.2. The molecule has 12 rings (SSSR count). The van der Waals surface area contributed by atoms with Crippen LogP contribution in [0.5, 0.6) is 0 Å². The molecule has 6 aromatic carbocycles. The molecule has 352 valence electrons. The third kappa shape index (κ3) is 6.66. The Morgan fingerprint density at radius 2 is 1.13 bits per heavy atom. The summed E-state index contributed by atoms with van der Waals surface area (Å²) in [5.41, 5.74) is 22.3. The molecule has 0 radical (unpaired) electrons. The molecule has 2 atom stereocenters. The second kappa shape index (κ2) is 15.2. The molecule has 0 fully saturated rings. The average molecular weight is 916 g/mol. The van der Waals surface area contributed by atoms with E-state index in [1.807, 2.05) is 0 Å². The van der Waals surface area contributed by atoms with E-state index in [9.17, 15) is 0 Å². The maximum atomic E-state index is 2.76. The summed E-state index contributed by atoms with van der Waals surface area (Å²) in [5, 5.41) is 2.52. The largest absolute Gasteiger partial charge is 0.334 e. The van der Waals surface area contributed by atoms with Gasteiger partial charge in [-0.05, 0) is 139 Å². The van der Waals surface area contributed by atoms with E-state index in [0.29, 0.717) is 5.92 Å². The van der Waals surface area contributed by atoms with Gasteiger partial charge in [-0.15, -0.1) is 0 Å². The minimum absolute atomic E-state index is 0.0546. The molecule has 3 aliphatic carbocycles. The van der Waals surface area contributed by atoms with Crippen LogP contribution in [0.25, 0.3) is 10.8 Å². The minimum Gasteiger partial charge on any atom is -0.334 e. The zero-order valence-electron chi connectivity index (χ0n) is 43.5. The summed E-state index contributed by atoms with van der Waals surface area (Å²) in [6.45, 7) is 28.9. The fourth-order valence-electron chi connectivity index (χ4n) is 13.0. The SMILES string of the molecule is CC(C)(C)c1ccc(N(C2=CC=C3C=CC=CC3C2)c2cc3c4c(c2)C(C)(C)c2cccc5c2N4C2=C(CC(N(c4ccc(C(C)(C)C)cc4)c4ccc6ccccc6c4)C=C2C3(C)C)C5(C)C)cc1. The number of rotatable bonds is 6.